The van der Waals surface area contributed by atoms with Crippen molar-refractivity contribution in [1.82, 2.24) is 9.80 Å². The highest BCUT2D eigenvalue weighted by atomic mass is 15.4. The monoisotopic (exact) mass is 398 g/mol. The molecule has 0 radical (unpaired) electrons. The van der Waals surface area contributed by atoms with Crippen LogP contribution < -0.4 is 0 Å². The molecule has 2 heteroatoms. The van der Waals surface area contributed by atoms with E-state index in [0.717, 1.165) is 19.3 Å². The quantitative estimate of drug-likeness (QED) is 0.532. The van der Waals surface area contributed by atoms with Crippen LogP contribution in [0, 0.1) is 11.8 Å². The van der Waals surface area contributed by atoms with Gasteiger partial charge >= 0.3 is 0 Å². The molecular formula is C28H34N2. The molecule has 0 aromatic heterocycles. The van der Waals surface area contributed by atoms with Gasteiger partial charge in [-0.1, -0.05) is 73.7 Å². The molecule has 0 fully saturated rings. The summed E-state index contributed by atoms with van der Waals surface area (Å²) in [4.78, 5) is 5.34. The van der Waals surface area contributed by atoms with Crippen LogP contribution in [0.5, 0.6) is 0 Å². The zero-order valence-electron chi connectivity index (χ0n) is 18.4. The van der Waals surface area contributed by atoms with Crippen molar-refractivity contribution in [1.29, 1.82) is 0 Å². The van der Waals surface area contributed by atoms with Crippen LogP contribution in [0.1, 0.15) is 51.0 Å². The van der Waals surface area contributed by atoms with Gasteiger partial charge in [-0.3, -0.25) is 0 Å². The van der Waals surface area contributed by atoms with Crippen molar-refractivity contribution in [2.24, 2.45) is 11.8 Å². The van der Waals surface area contributed by atoms with Gasteiger partial charge in [0, 0.05) is 18.7 Å². The molecule has 0 amide bonds. The van der Waals surface area contributed by atoms with Crippen LogP contribution in [0.2, 0.25) is 0 Å². The molecule has 4 atom stereocenters. The smallest absolute Gasteiger partial charge is 0.101 e. The first-order valence-corrected chi connectivity index (χ1v) is 11.8. The lowest BCUT2D eigenvalue weighted by Gasteiger charge is -2.45. The lowest BCUT2D eigenvalue weighted by atomic mass is 9.73. The third-order valence-electron chi connectivity index (χ3n) is 7.44. The van der Waals surface area contributed by atoms with E-state index in [1.165, 1.54) is 41.8 Å². The molecule has 30 heavy (non-hydrogen) atoms. The van der Waals surface area contributed by atoms with E-state index < -0.39 is 0 Å². The van der Waals surface area contributed by atoms with Gasteiger partial charge in [-0.05, 0) is 61.7 Å². The van der Waals surface area contributed by atoms with Gasteiger partial charge < -0.3 is 9.80 Å². The molecule has 5 rings (SSSR count). The van der Waals surface area contributed by atoms with Crippen LogP contribution >= 0.6 is 0 Å². The highest BCUT2D eigenvalue weighted by Gasteiger charge is 2.44. The van der Waals surface area contributed by atoms with E-state index in [2.05, 4.69) is 96.6 Å². The minimum absolute atomic E-state index is 0.368. The van der Waals surface area contributed by atoms with E-state index in [1.807, 2.05) is 0 Å². The molecule has 2 nitrogen and oxygen atoms in total. The van der Waals surface area contributed by atoms with E-state index in [1.54, 1.807) is 0 Å². The van der Waals surface area contributed by atoms with Gasteiger partial charge in [0.05, 0.1) is 11.7 Å². The second-order valence-corrected chi connectivity index (χ2v) is 9.10. The molecule has 0 saturated carbocycles. The number of hydrogen-bond donors (Lipinski definition) is 0. The minimum atomic E-state index is 0.368. The topological polar surface area (TPSA) is 6.48 Å². The van der Waals surface area contributed by atoms with Crippen molar-refractivity contribution in [2.75, 3.05) is 7.05 Å². The fourth-order valence-electron chi connectivity index (χ4n) is 6.03. The average molecular weight is 399 g/mol. The fraction of sp³-hybridized carbons (Fsp3) is 0.429. The Morgan fingerprint density at radius 2 is 1.90 bits per heavy atom. The predicted molar refractivity (Wildman–Crippen MR) is 126 cm³/mol. The van der Waals surface area contributed by atoms with Gasteiger partial charge in [0.2, 0.25) is 0 Å². The fourth-order valence-corrected chi connectivity index (χ4v) is 6.03. The van der Waals surface area contributed by atoms with Gasteiger partial charge in [-0.2, -0.15) is 0 Å². The first kappa shape index (κ1) is 19.5. The molecule has 0 saturated heterocycles. The Bertz CT molecular complexity index is 917. The second kappa shape index (κ2) is 8.34. The Morgan fingerprint density at radius 1 is 1.03 bits per heavy atom. The van der Waals surface area contributed by atoms with E-state index in [4.69, 9.17) is 0 Å². The normalized spacial score (nSPS) is 30.7. The molecule has 3 aliphatic carbocycles. The summed E-state index contributed by atoms with van der Waals surface area (Å²) in [6.45, 7) is 2.34. The van der Waals surface area contributed by atoms with Gasteiger partial charge in [0.1, 0.15) is 6.17 Å². The Kier molecular flexibility index (Phi) is 5.41. The largest absolute Gasteiger partial charge is 0.356 e. The molecule has 0 N–H and O–H groups in total. The van der Waals surface area contributed by atoms with Crippen LogP contribution in [-0.2, 0) is 0 Å². The van der Waals surface area contributed by atoms with Gasteiger partial charge in [0.25, 0.3) is 0 Å². The van der Waals surface area contributed by atoms with E-state index >= 15 is 0 Å². The molecule has 156 valence electrons. The summed E-state index contributed by atoms with van der Waals surface area (Å²) in [6, 6.07) is 11.4. The van der Waals surface area contributed by atoms with Crippen molar-refractivity contribution in [3.63, 3.8) is 0 Å². The first-order chi connectivity index (χ1) is 14.8. The summed E-state index contributed by atoms with van der Waals surface area (Å²) in [5.41, 5.74) is 5.83. The van der Waals surface area contributed by atoms with E-state index in [-0.39, 0.29) is 0 Å². The third-order valence-corrected chi connectivity index (χ3v) is 7.44. The summed E-state index contributed by atoms with van der Waals surface area (Å²) in [5, 5.41) is 0. The Labute approximate surface area is 182 Å². The molecular weight excluding hydrogens is 364 g/mol. The SMILES string of the molecule is CCC1N(C)C2=C(C=CCC2)N1C1C(c2ccccc2)=CC=CC1C1C=CCCC1. The molecule has 1 aromatic carbocycles. The summed E-state index contributed by atoms with van der Waals surface area (Å²) in [7, 11) is 2.31. The molecule has 1 aliphatic heterocycles. The lowest BCUT2D eigenvalue weighted by molar-refractivity contribution is 0.109. The van der Waals surface area contributed by atoms with Crippen molar-refractivity contribution in [2.45, 2.75) is 57.7 Å². The zero-order valence-corrected chi connectivity index (χ0v) is 18.4. The lowest BCUT2D eigenvalue weighted by Crippen LogP contribution is -2.49. The minimum Gasteiger partial charge on any atom is -0.356 e. The molecule has 0 bridgehead atoms. The van der Waals surface area contributed by atoms with E-state index in [0.29, 0.717) is 24.0 Å². The van der Waals surface area contributed by atoms with Crippen molar-refractivity contribution in [3.05, 3.63) is 89.8 Å². The van der Waals surface area contributed by atoms with E-state index in [9.17, 15) is 0 Å². The van der Waals surface area contributed by atoms with Crippen molar-refractivity contribution < 1.29 is 0 Å². The summed E-state index contributed by atoms with van der Waals surface area (Å²) < 4.78 is 0. The summed E-state index contributed by atoms with van der Waals surface area (Å²) in [5.74, 6) is 1.12. The Balaban J connectivity index is 1.63. The Hall–Kier alpha value is -2.48. The molecule has 4 aliphatic rings. The maximum absolute atomic E-state index is 2.78. The van der Waals surface area contributed by atoms with Gasteiger partial charge in [-0.25, -0.2) is 0 Å². The van der Waals surface area contributed by atoms with Gasteiger partial charge in [-0.15, -0.1) is 0 Å². The van der Waals surface area contributed by atoms with Crippen LogP contribution in [0.3, 0.4) is 0 Å². The molecule has 4 unspecified atom stereocenters. The number of allylic oxidation sites excluding steroid dienone is 7. The molecule has 1 heterocycles. The van der Waals surface area contributed by atoms with Crippen LogP contribution in [0.15, 0.2) is 84.3 Å². The highest BCUT2D eigenvalue weighted by Crippen LogP contribution is 2.46. The summed E-state index contributed by atoms with van der Waals surface area (Å²) >= 11 is 0. The predicted octanol–water partition coefficient (Wildman–Crippen LogP) is 6.53. The number of benzene rings is 1. The molecule has 0 spiro atoms. The van der Waals surface area contributed by atoms with Crippen molar-refractivity contribution >= 4 is 5.57 Å². The van der Waals surface area contributed by atoms with Crippen LogP contribution in [0.25, 0.3) is 5.57 Å². The number of rotatable bonds is 4. The van der Waals surface area contributed by atoms with Crippen LogP contribution in [0.4, 0.5) is 0 Å². The third kappa shape index (κ3) is 3.27. The van der Waals surface area contributed by atoms with Crippen molar-refractivity contribution in [3.8, 4) is 0 Å². The maximum atomic E-state index is 2.78. The Morgan fingerprint density at radius 3 is 2.67 bits per heavy atom. The standard InChI is InChI=1S/C28H34N2/c1-3-27-29(2)25-19-10-11-20-26(25)30(27)28-23(21-13-6-4-7-14-21)17-12-18-24(28)22-15-8-5-9-16-22/h4,6-8,11-15,17-18,20,22,24,27-28H,3,5,9-10,16,19H2,1-2H3. The second-order valence-electron chi connectivity index (χ2n) is 9.10. The molecule has 1 aromatic rings. The van der Waals surface area contributed by atoms with Gasteiger partial charge in [0.15, 0.2) is 0 Å². The highest BCUT2D eigenvalue weighted by molar-refractivity contribution is 5.73. The summed E-state index contributed by atoms with van der Waals surface area (Å²) in [6.07, 6.45) is 24.6. The number of hydrogen-bond acceptors (Lipinski definition) is 2. The first-order valence-electron chi connectivity index (χ1n) is 11.8. The average Bonchev–Trinajstić information content (AvgIpc) is 3.11. The maximum Gasteiger partial charge on any atom is 0.101 e. The number of nitrogens with zero attached hydrogens (tertiary/aromatic N) is 2. The zero-order chi connectivity index (χ0) is 20.5. The van der Waals surface area contributed by atoms with Crippen LogP contribution in [-0.4, -0.2) is 29.1 Å².